The first-order valence-electron chi connectivity index (χ1n) is 2.04. The second-order valence-electron chi connectivity index (χ2n) is 1.41. The second-order valence-corrected chi connectivity index (χ2v) is 1.99. The van der Waals surface area contributed by atoms with Gasteiger partial charge in [0, 0.05) is 0 Å². The molecule has 1 aliphatic heterocycles. The van der Waals surface area contributed by atoms with Gasteiger partial charge in [-0.2, -0.15) is 0 Å². The molecule has 0 N–H and O–H groups in total. The molecule has 0 aromatic carbocycles. The molecule has 1 aliphatic rings. The molecule has 0 radical (unpaired) electrons. The van der Waals surface area contributed by atoms with Gasteiger partial charge in [-0.05, 0) is 0 Å². The quantitative estimate of drug-likeness (QED) is 0.320. The monoisotopic (exact) mass is 104 g/mol. The summed E-state index contributed by atoms with van der Waals surface area (Å²) in [6.45, 7) is 1.74. The predicted octanol–water partition coefficient (Wildman–Crippen LogP) is -1.32. The van der Waals surface area contributed by atoms with E-state index in [2.05, 4.69) is 0 Å². The summed E-state index contributed by atoms with van der Waals surface area (Å²) in [5, 5.41) is 0. The summed E-state index contributed by atoms with van der Waals surface area (Å²) in [5.41, 5.74) is 0. The lowest BCUT2D eigenvalue weighted by atomic mass is 10.5. The van der Waals surface area contributed by atoms with Crippen molar-refractivity contribution in [3.8, 4) is 0 Å². The fourth-order valence-corrected chi connectivity index (χ4v) is 0.722. The second kappa shape index (κ2) is 1.73. The summed E-state index contributed by atoms with van der Waals surface area (Å²) in [4.78, 5) is 0. The minimum Gasteiger partial charge on any atom is -0.425 e. The lowest BCUT2D eigenvalue weighted by Crippen LogP contribution is -1.96. The van der Waals surface area contributed by atoms with Crippen LogP contribution in [0.15, 0.2) is 0 Å². The first kappa shape index (κ1) is 4.30. The van der Waals surface area contributed by atoms with E-state index in [9.17, 15) is 0 Å². The summed E-state index contributed by atoms with van der Waals surface area (Å²) in [6.07, 6.45) is 0.461. The minimum atomic E-state index is 0.461. The maximum atomic E-state index is 4.88. The number of ether oxygens (including phenoxy) is 1. The molecular weight excluding hydrogens is 96.1 g/mol. The van der Waals surface area contributed by atoms with Gasteiger partial charge in [0.1, 0.15) is 16.6 Å². The third kappa shape index (κ3) is 1.08. The van der Waals surface area contributed by atoms with Gasteiger partial charge in [0.25, 0.3) is 0 Å². The Labute approximate surface area is 40.0 Å². The highest BCUT2D eigenvalue weighted by Gasteiger charge is 2.20. The molecule has 0 saturated carbocycles. The first-order valence-corrected chi connectivity index (χ1v) is 2.85. The summed E-state index contributed by atoms with van der Waals surface area (Å²) >= 11 is 0. The highest BCUT2D eigenvalue weighted by atomic mass is 28.2. The summed E-state index contributed by atoms with van der Waals surface area (Å²) < 4.78 is 9.73. The Balaban J connectivity index is 1.88. The first-order chi connectivity index (χ1) is 2.93. The van der Waals surface area contributed by atoms with Gasteiger partial charge in [-0.25, -0.2) is 0 Å². The average Bonchev–Trinajstić information content (AvgIpc) is 2.21. The van der Waals surface area contributed by atoms with Crippen LogP contribution >= 0.6 is 0 Å². The topological polar surface area (TPSA) is 21.8 Å². The van der Waals surface area contributed by atoms with Crippen LogP contribution in [0.3, 0.4) is 0 Å². The molecule has 1 heterocycles. The van der Waals surface area contributed by atoms with Crippen LogP contribution in [-0.4, -0.2) is 29.8 Å². The molecule has 1 atom stereocenters. The van der Waals surface area contributed by atoms with Crippen LogP contribution in [0.5, 0.6) is 0 Å². The lowest BCUT2D eigenvalue weighted by Gasteiger charge is -1.85. The lowest BCUT2D eigenvalue weighted by molar-refractivity contribution is 0.281. The maximum absolute atomic E-state index is 4.88. The van der Waals surface area contributed by atoms with E-state index in [-0.39, 0.29) is 0 Å². The standard InChI is InChI=1S/C3H8O2Si/c6-5-2-3-1-4-3/h3H,1-2H2,6H3. The third-order valence-electron chi connectivity index (χ3n) is 0.755. The minimum absolute atomic E-state index is 0.461. The molecule has 6 heavy (non-hydrogen) atoms. The molecule has 1 saturated heterocycles. The van der Waals surface area contributed by atoms with Gasteiger partial charge in [-0.1, -0.05) is 0 Å². The van der Waals surface area contributed by atoms with Crippen LogP contribution in [0.1, 0.15) is 0 Å². The van der Waals surface area contributed by atoms with Gasteiger partial charge in [-0.15, -0.1) is 0 Å². The van der Waals surface area contributed by atoms with Crippen LogP contribution in [-0.2, 0) is 9.16 Å². The fourth-order valence-electron chi connectivity index (χ4n) is 0.350. The van der Waals surface area contributed by atoms with Crippen molar-refractivity contribution in [1.82, 2.24) is 0 Å². The van der Waals surface area contributed by atoms with Crippen molar-refractivity contribution in [1.29, 1.82) is 0 Å². The van der Waals surface area contributed by atoms with Crippen LogP contribution in [0.4, 0.5) is 0 Å². The zero-order valence-corrected chi connectivity index (χ0v) is 5.81. The number of hydrogen-bond donors (Lipinski definition) is 0. The van der Waals surface area contributed by atoms with E-state index in [1.807, 2.05) is 0 Å². The Bertz CT molecular complexity index is 44.1. The van der Waals surface area contributed by atoms with E-state index in [1.54, 1.807) is 0 Å². The van der Waals surface area contributed by atoms with Crippen molar-refractivity contribution in [3.05, 3.63) is 0 Å². The van der Waals surface area contributed by atoms with Crippen molar-refractivity contribution in [2.75, 3.05) is 13.2 Å². The van der Waals surface area contributed by atoms with E-state index in [0.717, 1.165) is 23.7 Å². The average molecular weight is 104 g/mol. The molecule has 0 spiro atoms. The molecule has 0 aromatic rings. The summed E-state index contributed by atoms with van der Waals surface area (Å²) in [6, 6.07) is 0. The van der Waals surface area contributed by atoms with E-state index < -0.39 is 0 Å². The van der Waals surface area contributed by atoms with Crippen LogP contribution in [0.2, 0.25) is 0 Å². The Morgan fingerprint density at radius 3 is 2.83 bits per heavy atom. The van der Waals surface area contributed by atoms with Crippen molar-refractivity contribution < 1.29 is 9.16 Å². The maximum Gasteiger partial charge on any atom is 0.146 e. The largest absolute Gasteiger partial charge is 0.425 e. The molecule has 0 aliphatic carbocycles. The number of rotatable bonds is 2. The SMILES string of the molecule is [SiH3]OCC1CO1. The van der Waals surface area contributed by atoms with Crippen LogP contribution in [0, 0.1) is 0 Å². The van der Waals surface area contributed by atoms with Crippen molar-refractivity contribution >= 4 is 10.5 Å². The van der Waals surface area contributed by atoms with E-state index in [1.165, 1.54) is 0 Å². The zero-order valence-electron chi connectivity index (χ0n) is 3.81. The molecule has 36 valence electrons. The Morgan fingerprint density at radius 2 is 2.67 bits per heavy atom. The van der Waals surface area contributed by atoms with Gasteiger partial charge in [0.2, 0.25) is 0 Å². The van der Waals surface area contributed by atoms with Crippen LogP contribution < -0.4 is 0 Å². The highest BCUT2D eigenvalue weighted by molar-refractivity contribution is 5.97. The van der Waals surface area contributed by atoms with Gasteiger partial charge in [-0.3, -0.25) is 0 Å². The molecule has 0 bridgehead atoms. The van der Waals surface area contributed by atoms with Crippen LogP contribution in [0.25, 0.3) is 0 Å². The summed E-state index contributed by atoms with van der Waals surface area (Å²) in [5.74, 6) is 0. The Morgan fingerprint density at radius 1 is 2.00 bits per heavy atom. The fraction of sp³-hybridized carbons (Fsp3) is 1.00. The highest BCUT2D eigenvalue weighted by Crippen LogP contribution is 2.06. The van der Waals surface area contributed by atoms with E-state index >= 15 is 0 Å². The summed E-state index contributed by atoms with van der Waals surface area (Å²) in [7, 11) is 0.847. The van der Waals surface area contributed by atoms with E-state index in [0.29, 0.717) is 6.10 Å². The Hall–Kier alpha value is 0.137. The van der Waals surface area contributed by atoms with Gasteiger partial charge < -0.3 is 9.16 Å². The van der Waals surface area contributed by atoms with Crippen molar-refractivity contribution in [2.45, 2.75) is 6.10 Å². The van der Waals surface area contributed by atoms with Gasteiger partial charge >= 0.3 is 0 Å². The molecule has 1 unspecified atom stereocenters. The van der Waals surface area contributed by atoms with Crippen molar-refractivity contribution in [3.63, 3.8) is 0 Å². The normalized spacial score (nSPS) is 31.0. The molecule has 0 amide bonds. The van der Waals surface area contributed by atoms with Crippen molar-refractivity contribution in [2.24, 2.45) is 0 Å². The third-order valence-corrected chi connectivity index (χ3v) is 1.09. The Kier molecular flexibility index (Phi) is 1.24. The molecule has 1 fully saturated rings. The van der Waals surface area contributed by atoms with Gasteiger partial charge in [0.15, 0.2) is 0 Å². The molecule has 0 aromatic heterocycles. The molecular formula is C3H8O2Si. The molecule has 2 nitrogen and oxygen atoms in total. The smallest absolute Gasteiger partial charge is 0.146 e. The number of hydrogen-bond acceptors (Lipinski definition) is 2. The zero-order chi connectivity index (χ0) is 4.41. The number of epoxide rings is 1. The van der Waals surface area contributed by atoms with Gasteiger partial charge in [0.05, 0.1) is 13.2 Å². The molecule has 1 rings (SSSR count). The predicted molar refractivity (Wildman–Crippen MR) is 25.6 cm³/mol. The molecule has 3 heteroatoms. The van der Waals surface area contributed by atoms with E-state index in [4.69, 9.17) is 9.16 Å².